The first kappa shape index (κ1) is 14.6. The molecule has 1 rings (SSSR count). The molecule has 0 spiro atoms. The molecule has 1 N–H and O–H groups in total. The minimum absolute atomic E-state index is 0.413. The summed E-state index contributed by atoms with van der Waals surface area (Å²) < 4.78 is 5.22. The largest absolute Gasteiger partial charge is 0.444 e. The van der Waals surface area contributed by atoms with Crippen molar-refractivity contribution in [3.8, 4) is 0 Å². The van der Waals surface area contributed by atoms with Crippen LogP contribution in [0.25, 0.3) is 0 Å². The van der Waals surface area contributed by atoms with Gasteiger partial charge < -0.3 is 4.74 Å². The highest BCUT2D eigenvalue weighted by Gasteiger charge is 2.16. The molecule has 3 heteroatoms. The van der Waals surface area contributed by atoms with Crippen LogP contribution in [0.3, 0.4) is 0 Å². The summed E-state index contributed by atoms with van der Waals surface area (Å²) in [5, 5.41) is 2.76. The number of benzene rings is 1. The Labute approximate surface area is 110 Å². The van der Waals surface area contributed by atoms with Gasteiger partial charge in [-0.1, -0.05) is 26.0 Å². The second-order valence-corrected chi connectivity index (χ2v) is 5.56. The molecular weight excluding hydrogens is 226 g/mol. The molecule has 100 valence electrons. The van der Waals surface area contributed by atoms with E-state index < -0.39 is 11.7 Å². The predicted octanol–water partition coefficient (Wildman–Crippen LogP) is 4.55. The Balaban J connectivity index is 2.71. The van der Waals surface area contributed by atoms with Gasteiger partial charge >= 0.3 is 6.09 Å². The summed E-state index contributed by atoms with van der Waals surface area (Å²) in [5.74, 6) is 0.491. The van der Waals surface area contributed by atoms with Gasteiger partial charge in [-0.3, -0.25) is 5.32 Å². The number of amides is 1. The molecule has 18 heavy (non-hydrogen) atoms. The molecule has 0 aliphatic heterocycles. The Bertz CT molecular complexity index is 407. The maximum atomic E-state index is 11.6. The Morgan fingerprint density at radius 1 is 1.39 bits per heavy atom. The fraction of sp³-hybridized carbons (Fsp3) is 0.533. The van der Waals surface area contributed by atoms with Gasteiger partial charge in [0.25, 0.3) is 0 Å². The number of carbonyl (C=O) groups is 1. The van der Waals surface area contributed by atoms with Crippen molar-refractivity contribution < 1.29 is 9.53 Å². The normalized spacial score (nSPS) is 12.9. The Hall–Kier alpha value is -1.51. The average molecular weight is 249 g/mol. The van der Waals surface area contributed by atoms with Crippen LogP contribution in [0.4, 0.5) is 10.5 Å². The smallest absolute Gasteiger partial charge is 0.412 e. The zero-order chi connectivity index (χ0) is 13.8. The number of hydrogen-bond acceptors (Lipinski definition) is 2. The third-order valence-electron chi connectivity index (χ3n) is 2.71. The third-order valence-corrected chi connectivity index (χ3v) is 2.71. The second kappa shape index (κ2) is 5.89. The Morgan fingerprint density at radius 3 is 2.61 bits per heavy atom. The van der Waals surface area contributed by atoms with E-state index in [1.54, 1.807) is 0 Å². The topological polar surface area (TPSA) is 38.3 Å². The van der Waals surface area contributed by atoms with E-state index >= 15 is 0 Å². The SMILES string of the molecule is CCC(C)c1cccc(NC(=O)OC(C)(C)C)c1. The van der Waals surface area contributed by atoms with Crippen LogP contribution in [-0.4, -0.2) is 11.7 Å². The van der Waals surface area contributed by atoms with Gasteiger partial charge in [-0.25, -0.2) is 4.79 Å². The van der Waals surface area contributed by atoms with Crippen molar-refractivity contribution in [1.29, 1.82) is 0 Å². The molecule has 0 bridgehead atoms. The number of carbonyl (C=O) groups excluding carboxylic acids is 1. The monoisotopic (exact) mass is 249 g/mol. The molecule has 0 radical (unpaired) electrons. The van der Waals surface area contributed by atoms with Gasteiger partial charge in [0.1, 0.15) is 5.60 Å². The first-order chi connectivity index (χ1) is 8.31. The summed E-state index contributed by atoms with van der Waals surface area (Å²) in [5.41, 5.74) is 1.53. The molecule has 1 amide bonds. The van der Waals surface area contributed by atoms with E-state index in [0.717, 1.165) is 12.1 Å². The van der Waals surface area contributed by atoms with Crippen LogP contribution in [0.2, 0.25) is 0 Å². The summed E-state index contributed by atoms with van der Waals surface area (Å²) in [7, 11) is 0. The lowest BCUT2D eigenvalue weighted by Gasteiger charge is -2.20. The van der Waals surface area contributed by atoms with Crippen molar-refractivity contribution in [3.63, 3.8) is 0 Å². The van der Waals surface area contributed by atoms with E-state index in [1.165, 1.54) is 5.56 Å². The van der Waals surface area contributed by atoms with E-state index in [2.05, 4.69) is 25.2 Å². The van der Waals surface area contributed by atoms with Crippen LogP contribution in [-0.2, 0) is 4.74 Å². The quantitative estimate of drug-likeness (QED) is 0.853. The van der Waals surface area contributed by atoms with Gasteiger partial charge in [0.2, 0.25) is 0 Å². The van der Waals surface area contributed by atoms with Crippen LogP contribution in [0.1, 0.15) is 52.5 Å². The maximum absolute atomic E-state index is 11.6. The maximum Gasteiger partial charge on any atom is 0.412 e. The molecule has 0 aliphatic carbocycles. The van der Waals surface area contributed by atoms with Crippen molar-refractivity contribution in [2.75, 3.05) is 5.32 Å². The lowest BCUT2D eigenvalue weighted by molar-refractivity contribution is 0.0636. The van der Waals surface area contributed by atoms with Crippen molar-refractivity contribution in [1.82, 2.24) is 0 Å². The molecule has 0 heterocycles. The number of rotatable bonds is 3. The first-order valence-electron chi connectivity index (χ1n) is 6.42. The van der Waals surface area contributed by atoms with Crippen LogP contribution in [0, 0.1) is 0 Å². The fourth-order valence-electron chi connectivity index (χ4n) is 1.58. The molecule has 1 aromatic carbocycles. The molecular formula is C15H23NO2. The molecule has 0 aliphatic rings. The average Bonchev–Trinajstić information content (AvgIpc) is 2.25. The molecule has 0 saturated carbocycles. The van der Waals surface area contributed by atoms with Crippen LogP contribution >= 0.6 is 0 Å². The first-order valence-corrected chi connectivity index (χ1v) is 6.42. The fourth-order valence-corrected chi connectivity index (χ4v) is 1.58. The number of ether oxygens (including phenoxy) is 1. The van der Waals surface area contributed by atoms with Crippen molar-refractivity contribution in [2.45, 2.75) is 52.6 Å². The van der Waals surface area contributed by atoms with E-state index in [-0.39, 0.29) is 0 Å². The molecule has 0 aromatic heterocycles. The summed E-state index contributed by atoms with van der Waals surface area (Å²) in [4.78, 5) is 11.6. The van der Waals surface area contributed by atoms with Gasteiger partial charge in [0, 0.05) is 5.69 Å². The highest BCUT2D eigenvalue weighted by atomic mass is 16.6. The molecule has 1 aromatic rings. The predicted molar refractivity (Wildman–Crippen MR) is 75.0 cm³/mol. The lowest BCUT2D eigenvalue weighted by Crippen LogP contribution is -2.27. The van der Waals surface area contributed by atoms with Gasteiger partial charge in [0.05, 0.1) is 0 Å². The number of nitrogens with one attached hydrogen (secondary N) is 1. The van der Waals surface area contributed by atoms with E-state index in [1.807, 2.05) is 39.0 Å². The third kappa shape index (κ3) is 4.78. The zero-order valence-corrected chi connectivity index (χ0v) is 11.9. The van der Waals surface area contributed by atoms with Crippen LogP contribution in [0.15, 0.2) is 24.3 Å². The van der Waals surface area contributed by atoms with E-state index in [9.17, 15) is 4.79 Å². The van der Waals surface area contributed by atoms with Gasteiger partial charge in [-0.15, -0.1) is 0 Å². The summed E-state index contributed by atoms with van der Waals surface area (Å²) in [6.07, 6.45) is 0.666. The van der Waals surface area contributed by atoms with Gasteiger partial charge in [-0.05, 0) is 50.8 Å². The summed E-state index contributed by atoms with van der Waals surface area (Å²) in [6.45, 7) is 9.87. The Morgan fingerprint density at radius 2 is 2.06 bits per heavy atom. The van der Waals surface area contributed by atoms with Crippen molar-refractivity contribution >= 4 is 11.8 Å². The lowest BCUT2D eigenvalue weighted by atomic mass is 9.98. The second-order valence-electron chi connectivity index (χ2n) is 5.56. The van der Waals surface area contributed by atoms with Crippen molar-refractivity contribution in [2.24, 2.45) is 0 Å². The van der Waals surface area contributed by atoms with Crippen LogP contribution in [0.5, 0.6) is 0 Å². The zero-order valence-electron chi connectivity index (χ0n) is 11.9. The molecule has 0 saturated heterocycles. The Kier molecular flexibility index (Phi) is 4.76. The molecule has 0 fully saturated rings. The van der Waals surface area contributed by atoms with Gasteiger partial charge in [0.15, 0.2) is 0 Å². The summed E-state index contributed by atoms with van der Waals surface area (Å²) >= 11 is 0. The minimum Gasteiger partial charge on any atom is -0.444 e. The van der Waals surface area contributed by atoms with Crippen molar-refractivity contribution in [3.05, 3.63) is 29.8 Å². The van der Waals surface area contributed by atoms with E-state index in [0.29, 0.717) is 5.92 Å². The van der Waals surface area contributed by atoms with E-state index in [4.69, 9.17) is 4.74 Å². The molecule has 1 atom stereocenters. The highest BCUT2D eigenvalue weighted by molar-refractivity contribution is 5.84. The highest BCUT2D eigenvalue weighted by Crippen LogP contribution is 2.22. The summed E-state index contributed by atoms with van der Waals surface area (Å²) in [6, 6.07) is 7.90. The number of hydrogen-bond donors (Lipinski definition) is 1. The van der Waals surface area contributed by atoms with Gasteiger partial charge in [-0.2, -0.15) is 0 Å². The molecule has 3 nitrogen and oxygen atoms in total. The standard InChI is InChI=1S/C15H23NO2/c1-6-11(2)12-8-7-9-13(10-12)16-14(17)18-15(3,4)5/h7-11H,6H2,1-5H3,(H,16,17). The minimum atomic E-state index is -0.474. The van der Waals surface area contributed by atoms with Crippen LogP contribution < -0.4 is 5.32 Å². The number of anilines is 1. The molecule has 1 unspecified atom stereocenters.